The summed E-state index contributed by atoms with van der Waals surface area (Å²) in [5.41, 5.74) is 1.85. The molecule has 8 nitrogen and oxygen atoms in total. The molecule has 4 aromatic rings. The second-order valence-electron chi connectivity index (χ2n) is 11.6. The average Bonchev–Trinajstić information content (AvgIpc) is 3.14. The van der Waals surface area contributed by atoms with E-state index in [1.807, 2.05) is 121 Å². The fourth-order valence-corrected chi connectivity index (χ4v) is 5.88. The van der Waals surface area contributed by atoms with Crippen molar-refractivity contribution >= 4 is 11.8 Å². The summed E-state index contributed by atoms with van der Waals surface area (Å²) in [6.45, 7) is 4.80. The van der Waals surface area contributed by atoms with Crippen LogP contribution in [0.3, 0.4) is 0 Å². The molecule has 0 saturated carbocycles. The predicted octanol–water partition coefficient (Wildman–Crippen LogP) is 6.42. The van der Waals surface area contributed by atoms with Crippen LogP contribution in [0, 0.1) is 0 Å². The summed E-state index contributed by atoms with van der Waals surface area (Å²) < 4.78 is 37.9. The zero-order valence-electron chi connectivity index (χ0n) is 27.1. The summed E-state index contributed by atoms with van der Waals surface area (Å²) >= 11 is 0. The van der Waals surface area contributed by atoms with Crippen molar-refractivity contribution in [1.29, 1.82) is 0 Å². The number of methoxy groups -OCH3 is 1. The van der Waals surface area contributed by atoms with E-state index in [-0.39, 0.29) is 32.8 Å². The molecular formula is C40H42O8. The van der Waals surface area contributed by atoms with Gasteiger partial charge in [-0.05, 0) is 22.3 Å². The molecule has 48 heavy (non-hydrogen) atoms. The standard InChI is InChI=1S/C40H42O8/c1-3-24-40(37(41)39(42)43-2)38(47-28-33-22-14-7-15-23-33)36(46-27-32-20-12-6-13-21-32)35(45-26-31-18-10-5-11-19-31)34(48-40)29-44-25-30-16-8-4-9-17-30/h3-23,34-36,38H,1,24-29H2,2H3/t34?,35-,36-,38?,40-/m0/s1. The molecule has 5 atom stereocenters. The molecule has 1 saturated heterocycles. The highest BCUT2D eigenvalue weighted by molar-refractivity contribution is 6.37. The summed E-state index contributed by atoms with van der Waals surface area (Å²) in [6, 6.07) is 38.8. The maximum absolute atomic E-state index is 14.1. The van der Waals surface area contributed by atoms with Crippen molar-refractivity contribution in [3.63, 3.8) is 0 Å². The van der Waals surface area contributed by atoms with E-state index in [1.54, 1.807) is 6.08 Å². The molecule has 1 aliphatic rings. The molecule has 0 amide bonds. The zero-order chi connectivity index (χ0) is 33.6. The number of Topliss-reactive ketones (excluding diaryl/α,β-unsaturated/α-hetero) is 1. The molecule has 8 heteroatoms. The summed E-state index contributed by atoms with van der Waals surface area (Å²) in [5.74, 6) is -1.95. The number of ketones is 1. The van der Waals surface area contributed by atoms with Gasteiger partial charge < -0.3 is 28.4 Å². The molecule has 1 aliphatic heterocycles. The smallest absolute Gasteiger partial charge is 0.377 e. The first-order valence-electron chi connectivity index (χ1n) is 16.0. The Kier molecular flexibility index (Phi) is 12.8. The van der Waals surface area contributed by atoms with E-state index >= 15 is 0 Å². The Morgan fingerprint density at radius 2 is 1.10 bits per heavy atom. The van der Waals surface area contributed by atoms with Gasteiger partial charge in [0, 0.05) is 6.42 Å². The molecule has 0 aliphatic carbocycles. The Morgan fingerprint density at radius 3 is 1.56 bits per heavy atom. The third kappa shape index (κ3) is 8.92. The minimum Gasteiger partial charge on any atom is -0.463 e. The van der Waals surface area contributed by atoms with Gasteiger partial charge in [0.15, 0.2) is 5.60 Å². The number of carbonyl (C=O) groups excluding carboxylic acids is 2. The molecule has 2 unspecified atom stereocenters. The highest BCUT2D eigenvalue weighted by Crippen LogP contribution is 2.40. The minimum absolute atomic E-state index is 0.0400. The van der Waals surface area contributed by atoms with Gasteiger partial charge in [-0.25, -0.2) is 4.79 Å². The van der Waals surface area contributed by atoms with Gasteiger partial charge in [-0.15, -0.1) is 6.58 Å². The molecule has 0 aromatic heterocycles. The lowest BCUT2D eigenvalue weighted by atomic mass is 9.78. The fraction of sp³-hybridized carbons (Fsp3) is 0.300. The number of rotatable bonds is 17. The lowest BCUT2D eigenvalue weighted by Crippen LogP contribution is -2.70. The Hall–Kier alpha value is -4.44. The second kappa shape index (κ2) is 17.6. The fourth-order valence-electron chi connectivity index (χ4n) is 5.88. The Labute approximate surface area is 282 Å². The van der Waals surface area contributed by atoms with Crippen molar-refractivity contribution in [3.8, 4) is 0 Å². The van der Waals surface area contributed by atoms with Crippen molar-refractivity contribution in [2.75, 3.05) is 13.7 Å². The van der Waals surface area contributed by atoms with E-state index in [0.717, 1.165) is 22.3 Å². The number of ether oxygens (including phenoxy) is 6. The normalized spacial score (nSPS) is 22.1. The number of esters is 1. The van der Waals surface area contributed by atoms with E-state index in [4.69, 9.17) is 28.4 Å². The molecule has 0 N–H and O–H groups in total. The lowest BCUT2D eigenvalue weighted by Gasteiger charge is -2.51. The van der Waals surface area contributed by atoms with Crippen molar-refractivity contribution in [3.05, 3.63) is 156 Å². The first-order chi connectivity index (χ1) is 23.5. The van der Waals surface area contributed by atoms with Crippen LogP contribution in [-0.4, -0.2) is 55.5 Å². The van der Waals surface area contributed by atoms with Crippen LogP contribution in [0.25, 0.3) is 0 Å². The van der Waals surface area contributed by atoms with E-state index in [2.05, 4.69) is 6.58 Å². The first kappa shape index (κ1) is 34.9. The molecule has 0 radical (unpaired) electrons. The van der Waals surface area contributed by atoms with Crippen molar-refractivity contribution in [2.45, 2.75) is 62.9 Å². The summed E-state index contributed by atoms with van der Waals surface area (Å²) in [5, 5.41) is 0. The van der Waals surface area contributed by atoms with Crippen LogP contribution >= 0.6 is 0 Å². The van der Waals surface area contributed by atoms with Crippen LogP contribution in [-0.2, 0) is 64.4 Å². The van der Waals surface area contributed by atoms with Gasteiger partial charge in [0.05, 0.1) is 40.1 Å². The number of hydrogen-bond donors (Lipinski definition) is 0. The minimum atomic E-state index is -1.85. The molecule has 1 fully saturated rings. The van der Waals surface area contributed by atoms with Gasteiger partial charge in [0.1, 0.15) is 24.4 Å². The highest BCUT2D eigenvalue weighted by atomic mass is 16.6. The highest BCUT2D eigenvalue weighted by Gasteiger charge is 2.61. The van der Waals surface area contributed by atoms with Crippen LogP contribution in [0.15, 0.2) is 134 Å². The van der Waals surface area contributed by atoms with E-state index < -0.39 is 41.8 Å². The summed E-state index contributed by atoms with van der Waals surface area (Å²) in [7, 11) is 1.17. The van der Waals surface area contributed by atoms with Gasteiger partial charge in [-0.2, -0.15) is 0 Å². The lowest BCUT2D eigenvalue weighted by molar-refractivity contribution is -0.298. The molecule has 4 aromatic carbocycles. The maximum Gasteiger partial charge on any atom is 0.377 e. The van der Waals surface area contributed by atoms with Crippen LogP contribution in [0.1, 0.15) is 28.7 Å². The summed E-state index contributed by atoms with van der Waals surface area (Å²) in [6.07, 6.45) is -2.10. The monoisotopic (exact) mass is 650 g/mol. The number of carbonyl (C=O) groups is 2. The molecule has 1 heterocycles. The van der Waals surface area contributed by atoms with Crippen LogP contribution in [0.4, 0.5) is 0 Å². The van der Waals surface area contributed by atoms with Crippen LogP contribution < -0.4 is 0 Å². The summed E-state index contributed by atoms with van der Waals surface area (Å²) in [4.78, 5) is 27.2. The van der Waals surface area contributed by atoms with Gasteiger partial charge in [0.25, 0.3) is 5.78 Å². The van der Waals surface area contributed by atoms with Gasteiger partial charge in [-0.3, -0.25) is 4.79 Å². The largest absolute Gasteiger partial charge is 0.463 e. The molecule has 0 spiro atoms. The number of benzene rings is 4. The van der Waals surface area contributed by atoms with E-state index in [9.17, 15) is 9.59 Å². The SMILES string of the molecule is C=CC[C@@]1(C(=O)C(=O)OC)OC(COCc2ccccc2)[C@H](OCc2ccccc2)[C@H](OCc2ccccc2)C1OCc1ccccc1. The van der Waals surface area contributed by atoms with E-state index in [1.165, 1.54) is 7.11 Å². The second-order valence-corrected chi connectivity index (χ2v) is 11.6. The van der Waals surface area contributed by atoms with Gasteiger partial charge in [0.2, 0.25) is 0 Å². The predicted molar refractivity (Wildman–Crippen MR) is 181 cm³/mol. The topological polar surface area (TPSA) is 89.5 Å². The quantitative estimate of drug-likeness (QED) is 0.0736. The first-order valence-corrected chi connectivity index (χ1v) is 16.0. The molecule has 0 bridgehead atoms. The molecular weight excluding hydrogens is 608 g/mol. The van der Waals surface area contributed by atoms with Crippen LogP contribution in [0.5, 0.6) is 0 Å². The van der Waals surface area contributed by atoms with Gasteiger partial charge >= 0.3 is 5.97 Å². The van der Waals surface area contributed by atoms with Crippen molar-refractivity contribution in [2.24, 2.45) is 0 Å². The molecule has 5 rings (SSSR count). The third-order valence-electron chi connectivity index (χ3n) is 8.25. The average molecular weight is 651 g/mol. The van der Waals surface area contributed by atoms with Crippen molar-refractivity contribution < 1.29 is 38.0 Å². The Balaban J connectivity index is 1.56. The Bertz CT molecular complexity index is 1560. The number of hydrogen-bond acceptors (Lipinski definition) is 8. The third-order valence-corrected chi connectivity index (χ3v) is 8.25. The molecule has 250 valence electrons. The van der Waals surface area contributed by atoms with E-state index in [0.29, 0.717) is 6.61 Å². The zero-order valence-corrected chi connectivity index (χ0v) is 27.1. The Morgan fingerprint density at radius 1 is 0.667 bits per heavy atom. The van der Waals surface area contributed by atoms with Crippen LogP contribution in [0.2, 0.25) is 0 Å². The van der Waals surface area contributed by atoms with Gasteiger partial charge in [-0.1, -0.05) is 127 Å². The maximum atomic E-state index is 14.1. The van der Waals surface area contributed by atoms with Crippen molar-refractivity contribution in [1.82, 2.24) is 0 Å².